The average molecular weight is 485 g/mol. The Hall–Kier alpha value is -4.30. The fraction of sp³-hybridized carbons (Fsp3) is 0.0741. The molecular weight excluding hydrogens is 463 g/mol. The Morgan fingerprint density at radius 3 is 2.60 bits per heavy atom. The summed E-state index contributed by atoms with van der Waals surface area (Å²) in [7, 11) is 0. The molecule has 0 atom stereocenters. The van der Waals surface area contributed by atoms with Crippen LogP contribution in [0.4, 0.5) is 10.2 Å². The second-order valence-corrected chi connectivity index (χ2v) is 8.53. The lowest BCUT2D eigenvalue weighted by atomic mass is 10.1. The fourth-order valence-electron chi connectivity index (χ4n) is 3.61. The van der Waals surface area contributed by atoms with Crippen molar-refractivity contribution in [3.8, 4) is 17.0 Å². The van der Waals surface area contributed by atoms with E-state index in [-0.39, 0.29) is 11.7 Å². The van der Waals surface area contributed by atoms with Crippen molar-refractivity contribution in [3.63, 3.8) is 0 Å². The number of hydrogen-bond donors (Lipinski definition) is 1. The molecule has 8 heteroatoms. The molecule has 2 heterocycles. The number of benzene rings is 3. The zero-order chi connectivity index (χ0) is 24.0. The number of hydrogen-bond acceptors (Lipinski definition) is 5. The van der Waals surface area contributed by atoms with E-state index in [0.717, 1.165) is 11.3 Å². The van der Waals surface area contributed by atoms with Gasteiger partial charge in [0.15, 0.2) is 0 Å². The van der Waals surface area contributed by atoms with E-state index in [9.17, 15) is 9.18 Å². The number of aromatic nitrogens is 3. The minimum atomic E-state index is -0.336. The van der Waals surface area contributed by atoms with Crippen LogP contribution in [0.15, 0.2) is 96.1 Å². The molecular formula is C27H21FN4O2S. The normalized spacial score (nSPS) is 10.8. The van der Waals surface area contributed by atoms with E-state index in [0.29, 0.717) is 41.5 Å². The minimum absolute atomic E-state index is 0.303. The number of nitrogens with one attached hydrogen (secondary N) is 1. The second-order valence-electron chi connectivity index (χ2n) is 7.81. The van der Waals surface area contributed by atoms with Gasteiger partial charge >= 0.3 is 0 Å². The van der Waals surface area contributed by atoms with Gasteiger partial charge in [-0.15, -0.1) is 11.3 Å². The van der Waals surface area contributed by atoms with Gasteiger partial charge in [0.1, 0.15) is 29.7 Å². The number of nitrogens with zero attached hydrogens (tertiary/aromatic N) is 3. The molecule has 0 aliphatic heterocycles. The van der Waals surface area contributed by atoms with Crippen LogP contribution >= 0.6 is 11.3 Å². The van der Waals surface area contributed by atoms with Gasteiger partial charge in [-0.3, -0.25) is 4.79 Å². The Kier molecular flexibility index (Phi) is 6.63. The lowest BCUT2D eigenvalue weighted by Crippen LogP contribution is -2.16. The van der Waals surface area contributed by atoms with Crippen molar-refractivity contribution in [2.75, 3.05) is 5.32 Å². The summed E-state index contributed by atoms with van der Waals surface area (Å²) in [5.41, 5.74) is 5.35. The predicted octanol–water partition coefficient (Wildman–Crippen LogP) is 6.03. The van der Waals surface area contributed by atoms with Gasteiger partial charge in [0.05, 0.1) is 24.1 Å². The molecule has 0 aliphatic carbocycles. The van der Waals surface area contributed by atoms with E-state index in [4.69, 9.17) is 4.74 Å². The van der Waals surface area contributed by atoms with Crippen molar-refractivity contribution >= 4 is 23.1 Å². The maximum atomic E-state index is 13.5. The zero-order valence-electron chi connectivity index (χ0n) is 18.6. The molecule has 0 saturated carbocycles. The maximum absolute atomic E-state index is 13.5. The maximum Gasteiger partial charge on any atom is 0.256 e. The van der Waals surface area contributed by atoms with E-state index in [1.54, 1.807) is 48.2 Å². The van der Waals surface area contributed by atoms with Gasteiger partial charge in [0.25, 0.3) is 5.91 Å². The predicted molar refractivity (Wildman–Crippen MR) is 134 cm³/mol. The van der Waals surface area contributed by atoms with Gasteiger partial charge in [0, 0.05) is 16.5 Å². The Morgan fingerprint density at radius 2 is 1.83 bits per heavy atom. The summed E-state index contributed by atoms with van der Waals surface area (Å²) < 4.78 is 21.2. The molecule has 0 bridgehead atoms. The molecule has 0 fully saturated rings. The number of amides is 1. The van der Waals surface area contributed by atoms with E-state index in [1.807, 2.05) is 40.3 Å². The van der Waals surface area contributed by atoms with Crippen molar-refractivity contribution in [3.05, 3.63) is 119 Å². The van der Waals surface area contributed by atoms with Crippen LogP contribution in [0.1, 0.15) is 21.6 Å². The average Bonchev–Trinajstić information content (AvgIpc) is 3.55. The van der Waals surface area contributed by atoms with Crippen LogP contribution < -0.4 is 10.1 Å². The molecule has 2 aromatic heterocycles. The Bertz CT molecular complexity index is 1420. The number of carbonyl (C=O) groups excluding carboxylic acids is 1. The number of rotatable bonds is 8. The standard InChI is InChI=1S/C27H21FN4O2S/c28-22-11-9-20(10-12-22)25-26(32(17-29-25)14-19-5-2-1-3-6-19)31-27(33)21-7-4-8-24(13-21)34-15-23-16-35-18-30-23/h1-13,16-18H,14-15H2,(H,31,33). The van der Waals surface area contributed by atoms with Gasteiger partial charge in [-0.25, -0.2) is 14.4 Å². The zero-order valence-corrected chi connectivity index (χ0v) is 19.4. The third-order valence-corrected chi connectivity index (χ3v) is 5.98. The number of halogens is 1. The highest BCUT2D eigenvalue weighted by molar-refractivity contribution is 7.07. The molecule has 5 aromatic rings. The van der Waals surface area contributed by atoms with Crippen molar-refractivity contribution in [1.82, 2.24) is 14.5 Å². The van der Waals surface area contributed by atoms with E-state index < -0.39 is 0 Å². The van der Waals surface area contributed by atoms with Crippen molar-refractivity contribution in [2.45, 2.75) is 13.2 Å². The summed E-state index contributed by atoms with van der Waals surface area (Å²) in [5.74, 6) is 0.459. The summed E-state index contributed by atoms with van der Waals surface area (Å²) in [5, 5.41) is 4.93. The molecule has 0 saturated heterocycles. The number of carbonyl (C=O) groups is 1. The van der Waals surface area contributed by atoms with E-state index >= 15 is 0 Å². The number of ether oxygens (including phenoxy) is 1. The molecule has 0 radical (unpaired) electrons. The van der Waals surface area contributed by atoms with E-state index in [2.05, 4.69) is 15.3 Å². The number of imidazole rings is 1. The summed E-state index contributed by atoms with van der Waals surface area (Å²) in [4.78, 5) is 22.0. The highest BCUT2D eigenvalue weighted by Crippen LogP contribution is 2.28. The molecule has 3 aromatic carbocycles. The molecule has 1 N–H and O–H groups in total. The molecule has 5 rings (SSSR count). The number of anilines is 1. The molecule has 0 aliphatic rings. The fourth-order valence-corrected chi connectivity index (χ4v) is 4.15. The highest BCUT2D eigenvalue weighted by atomic mass is 32.1. The third kappa shape index (κ3) is 5.44. The Morgan fingerprint density at radius 1 is 1.00 bits per heavy atom. The van der Waals surface area contributed by atoms with Crippen molar-refractivity contribution in [2.24, 2.45) is 0 Å². The quantitative estimate of drug-likeness (QED) is 0.292. The molecule has 0 spiro atoms. The molecule has 0 unspecified atom stereocenters. The van der Waals surface area contributed by atoms with Gasteiger partial charge in [-0.1, -0.05) is 36.4 Å². The van der Waals surface area contributed by atoms with Crippen LogP contribution in [0.3, 0.4) is 0 Å². The molecule has 174 valence electrons. The Balaban J connectivity index is 1.41. The topological polar surface area (TPSA) is 69.0 Å². The monoisotopic (exact) mass is 484 g/mol. The SMILES string of the molecule is O=C(Nc1c(-c2ccc(F)cc2)ncn1Cc1ccccc1)c1cccc(OCc2cscn2)c1. The lowest BCUT2D eigenvalue weighted by Gasteiger charge is -2.13. The van der Waals surface area contributed by atoms with E-state index in [1.165, 1.54) is 23.5 Å². The largest absolute Gasteiger partial charge is 0.487 e. The lowest BCUT2D eigenvalue weighted by molar-refractivity contribution is 0.102. The van der Waals surface area contributed by atoms with Crippen LogP contribution in [0, 0.1) is 5.82 Å². The summed E-state index contributed by atoms with van der Waals surface area (Å²) in [6.45, 7) is 0.842. The van der Waals surface area contributed by atoms with Crippen LogP contribution in [0.2, 0.25) is 0 Å². The highest BCUT2D eigenvalue weighted by Gasteiger charge is 2.17. The first-order valence-electron chi connectivity index (χ1n) is 10.9. The van der Waals surface area contributed by atoms with Crippen molar-refractivity contribution < 1.29 is 13.9 Å². The first-order chi connectivity index (χ1) is 17.2. The third-order valence-electron chi connectivity index (χ3n) is 5.35. The molecule has 35 heavy (non-hydrogen) atoms. The first-order valence-corrected chi connectivity index (χ1v) is 11.9. The second kappa shape index (κ2) is 10.3. The van der Waals surface area contributed by atoms with Crippen LogP contribution in [0.5, 0.6) is 5.75 Å². The smallest absolute Gasteiger partial charge is 0.256 e. The molecule has 6 nitrogen and oxygen atoms in total. The van der Waals surface area contributed by atoms with Gasteiger partial charge in [0.2, 0.25) is 0 Å². The van der Waals surface area contributed by atoms with Gasteiger partial charge in [-0.2, -0.15) is 0 Å². The van der Waals surface area contributed by atoms with Crippen molar-refractivity contribution in [1.29, 1.82) is 0 Å². The minimum Gasteiger partial charge on any atom is -0.487 e. The van der Waals surface area contributed by atoms with Gasteiger partial charge in [-0.05, 0) is 48.0 Å². The van der Waals surface area contributed by atoms with Crippen LogP contribution in [-0.4, -0.2) is 20.4 Å². The molecule has 1 amide bonds. The Labute approximate surface area is 205 Å². The first kappa shape index (κ1) is 22.5. The van der Waals surface area contributed by atoms with Crippen LogP contribution in [0.25, 0.3) is 11.3 Å². The van der Waals surface area contributed by atoms with Crippen LogP contribution in [-0.2, 0) is 13.2 Å². The summed E-state index contributed by atoms with van der Waals surface area (Å²) >= 11 is 1.50. The number of thiazole rings is 1. The summed E-state index contributed by atoms with van der Waals surface area (Å²) in [6, 6.07) is 22.9. The summed E-state index contributed by atoms with van der Waals surface area (Å²) in [6.07, 6.45) is 1.68. The van der Waals surface area contributed by atoms with Gasteiger partial charge < -0.3 is 14.6 Å².